The quantitative estimate of drug-likeness (QED) is 0.731. The fraction of sp³-hybridized carbons (Fsp3) is 0.125. The Balaban J connectivity index is 1.63. The van der Waals surface area contributed by atoms with Crippen molar-refractivity contribution in [3.8, 4) is 0 Å². The number of hydrogen-bond donors (Lipinski definition) is 1. The number of nitrogens with zero attached hydrogens (tertiary/aromatic N) is 1. The summed E-state index contributed by atoms with van der Waals surface area (Å²) in [6.07, 6.45) is 4.05. The van der Waals surface area contributed by atoms with Gasteiger partial charge < -0.3 is 10.0 Å². The Bertz CT molecular complexity index is 966. The highest BCUT2D eigenvalue weighted by Crippen LogP contribution is 2.43. The summed E-state index contributed by atoms with van der Waals surface area (Å²) in [6.45, 7) is 0.446. The number of carbonyl (C=O) groups is 1. The van der Waals surface area contributed by atoms with Gasteiger partial charge in [-0.15, -0.1) is 0 Å². The standard InChI is InChI=1S/C24H21NO2/c26-23-24(27,17-9-14-19-10-3-1-4-11-19)21-15-7-8-16-22(21)25(23)18-20-12-5-2-6-13-20/h1-16,27H,17-18H2/b14-9+. The van der Waals surface area contributed by atoms with Crippen LogP contribution in [0.3, 0.4) is 0 Å². The second-order valence-corrected chi connectivity index (χ2v) is 6.77. The van der Waals surface area contributed by atoms with Crippen LogP contribution in [0.15, 0.2) is 91.0 Å². The van der Waals surface area contributed by atoms with Crippen molar-refractivity contribution >= 4 is 17.7 Å². The van der Waals surface area contributed by atoms with E-state index in [-0.39, 0.29) is 12.3 Å². The molecular weight excluding hydrogens is 334 g/mol. The van der Waals surface area contributed by atoms with E-state index in [0.717, 1.165) is 16.8 Å². The highest BCUT2D eigenvalue weighted by atomic mass is 16.3. The summed E-state index contributed by atoms with van der Waals surface area (Å²) in [7, 11) is 0. The zero-order chi connectivity index (χ0) is 18.7. The molecule has 1 N–H and O–H groups in total. The molecule has 1 unspecified atom stereocenters. The van der Waals surface area contributed by atoms with Crippen molar-refractivity contribution in [2.24, 2.45) is 0 Å². The molecule has 0 spiro atoms. The molecule has 0 saturated heterocycles. The molecule has 3 aromatic carbocycles. The van der Waals surface area contributed by atoms with Crippen LogP contribution in [0.1, 0.15) is 23.1 Å². The van der Waals surface area contributed by atoms with E-state index in [9.17, 15) is 9.90 Å². The monoisotopic (exact) mass is 355 g/mol. The number of para-hydroxylation sites is 1. The average molecular weight is 355 g/mol. The van der Waals surface area contributed by atoms with Crippen LogP contribution < -0.4 is 4.90 Å². The van der Waals surface area contributed by atoms with Gasteiger partial charge in [-0.1, -0.05) is 91.0 Å². The number of carbonyl (C=O) groups excluding carboxylic acids is 1. The molecule has 3 aromatic rings. The van der Waals surface area contributed by atoms with E-state index in [0.29, 0.717) is 12.1 Å². The van der Waals surface area contributed by atoms with Crippen molar-refractivity contribution in [3.05, 3.63) is 108 Å². The van der Waals surface area contributed by atoms with Gasteiger partial charge in [-0.3, -0.25) is 4.79 Å². The summed E-state index contributed by atoms with van der Waals surface area (Å²) < 4.78 is 0. The van der Waals surface area contributed by atoms with Crippen LogP contribution >= 0.6 is 0 Å². The topological polar surface area (TPSA) is 40.5 Å². The first kappa shape index (κ1) is 17.3. The van der Waals surface area contributed by atoms with Crippen molar-refractivity contribution < 1.29 is 9.90 Å². The van der Waals surface area contributed by atoms with Gasteiger partial charge in [-0.2, -0.15) is 0 Å². The normalized spacial score (nSPS) is 18.9. The summed E-state index contributed by atoms with van der Waals surface area (Å²) in [5.74, 6) is -0.273. The molecule has 1 aliphatic rings. The molecule has 3 nitrogen and oxygen atoms in total. The van der Waals surface area contributed by atoms with E-state index < -0.39 is 5.60 Å². The Hall–Kier alpha value is -3.17. The van der Waals surface area contributed by atoms with Crippen LogP contribution in [0, 0.1) is 0 Å². The summed E-state index contributed by atoms with van der Waals surface area (Å²) in [6, 6.07) is 27.2. The maximum Gasteiger partial charge on any atom is 0.264 e. The lowest BCUT2D eigenvalue weighted by Gasteiger charge is -2.22. The second-order valence-electron chi connectivity index (χ2n) is 6.77. The summed E-state index contributed by atoms with van der Waals surface area (Å²) in [5.41, 5.74) is 1.99. The van der Waals surface area contributed by atoms with E-state index in [2.05, 4.69) is 0 Å². The third kappa shape index (κ3) is 3.29. The number of aliphatic hydroxyl groups is 1. The number of hydrogen-bond acceptors (Lipinski definition) is 2. The van der Waals surface area contributed by atoms with E-state index in [1.807, 2.05) is 97.1 Å². The van der Waals surface area contributed by atoms with Gasteiger partial charge in [0.2, 0.25) is 0 Å². The molecule has 0 radical (unpaired) electrons. The van der Waals surface area contributed by atoms with Crippen molar-refractivity contribution in [2.75, 3.05) is 4.90 Å². The largest absolute Gasteiger partial charge is 0.375 e. The number of anilines is 1. The van der Waals surface area contributed by atoms with Gasteiger partial charge in [0.05, 0.1) is 12.2 Å². The Labute approximate surface area is 159 Å². The zero-order valence-electron chi connectivity index (χ0n) is 15.0. The highest BCUT2D eigenvalue weighted by Gasteiger charge is 2.48. The van der Waals surface area contributed by atoms with E-state index >= 15 is 0 Å². The van der Waals surface area contributed by atoms with Gasteiger partial charge in [0, 0.05) is 12.0 Å². The van der Waals surface area contributed by atoms with Crippen LogP contribution in [-0.4, -0.2) is 11.0 Å². The summed E-state index contributed by atoms with van der Waals surface area (Å²) >= 11 is 0. The second kappa shape index (κ2) is 7.22. The van der Waals surface area contributed by atoms with E-state index in [1.54, 1.807) is 4.90 Å². The van der Waals surface area contributed by atoms with Crippen molar-refractivity contribution in [2.45, 2.75) is 18.6 Å². The molecular formula is C24H21NO2. The van der Waals surface area contributed by atoms with Gasteiger partial charge in [-0.25, -0.2) is 0 Å². The van der Waals surface area contributed by atoms with Crippen LogP contribution in [0.4, 0.5) is 5.69 Å². The van der Waals surface area contributed by atoms with Crippen molar-refractivity contribution in [1.82, 2.24) is 0 Å². The van der Waals surface area contributed by atoms with Gasteiger partial charge in [-0.05, 0) is 17.2 Å². The maximum absolute atomic E-state index is 13.2. The Morgan fingerprint density at radius 1 is 0.852 bits per heavy atom. The van der Waals surface area contributed by atoms with Crippen LogP contribution in [0.25, 0.3) is 6.08 Å². The molecule has 0 aromatic heterocycles. The third-order valence-electron chi connectivity index (χ3n) is 4.95. The summed E-state index contributed by atoms with van der Waals surface area (Å²) in [4.78, 5) is 14.9. The molecule has 1 heterocycles. The fourth-order valence-electron chi connectivity index (χ4n) is 3.56. The number of rotatable bonds is 5. The Morgan fingerprint density at radius 3 is 2.22 bits per heavy atom. The number of benzene rings is 3. The van der Waals surface area contributed by atoms with Crippen LogP contribution in [0.2, 0.25) is 0 Å². The van der Waals surface area contributed by atoms with Gasteiger partial charge in [0.1, 0.15) is 0 Å². The molecule has 1 amide bonds. The number of fused-ring (bicyclic) bond motifs is 1. The molecule has 0 aliphatic carbocycles. The lowest BCUT2D eigenvalue weighted by atomic mass is 9.91. The summed E-state index contributed by atoms with van der Waals surface area (Å²) in [5, 5.41) is 11.3. The minimum absolute atomic E-state index is 0.239. The first-order chi connectivity index (χ1) is 13.2. The van der Waals surface area contributed by atoms with E-state index in [1.165, 1.54) is 0 Å². The molecule has 1 atom stereocenters. The van der Waals surface area contributed by atoms with Crippen LogP contribution in [0.5, 0.6) is 0 Å². The Kier molecular flexibility index (Phi) is 4.61. The lowest BCUT2D eigenvalue weighted by Crippen LogP contribution is -2.39. The SMILES string of the molecule is O=C1N(Cc2ccccc2)c2ccccc2C1(O)C/C=C/c1ccccc1. The lowest BCUT2D eigenvalue weighted by molar-refractivity contribution is -0.135. The van der Waals surface area contributed by atoms with Crippen molar-refractivity contribution in [3.63, 3.8) is 0 Å². The predicted octanol–water partition coefficient (Wildman–Crippen LogP) is 4.52. The molecule has 1 aliphatic heterocycles. The molecule has 27 heavy (non-hydrogen) atoms. The molecule has 134 valence electrons. The molecule has 0 saturated carbocycles. The first-order valence-corrected chi connectivity index (χ1v) is 9.08. The highest BCUT2D eigenvalue weighted by molar-refractivity contribution is 6.06. The van der Waals surface area contributed by atoms with E-state index in [4.69, 9.17) is 0 Å². The predicted molar refractivity (Wildman–Crippen MR) is 108 cm³/mol. The maximum atomic E-state index is 13.2. The molecule has 3 heteroatoms. The van der Waals surface area contributed by atoms with Crippen LogP contribution in [-0.2, 0) is 16.9 Å². The van der Waals surface area contributed by atoms with Gasteiger partial charge >= 0.3 is 0 Å². The number of amides is 1. The first-order valence-electron chi connectivity index (χ1n) is 9.08. The zero-order valence-corrected chi connectivity index (χ0v) is 15.0. The minimum Gasteiger partial charge on any atom is -0.375 e. The third-order valence-corrected chi connectivity index (χ3v) is 4.95. The van der Waals surface area contributed by atoms with Gasteiger partial charge in [0.15, 0.2) is 5.60 Å². The Morgan fingerprint density at radius 2 is 1.48 bits per heavy atom. The minimum atomic E-state index is -1.53. The molecule has 4 rings (SSSR count). The smallest absolute Gasteiger partial charge is 0.264 e. The van der Waals surface area contributed by atoms with Crippen molar-refractivity contribution in [1.29, 1.82) is 0 Å². The molecule has 0 bridgehead atoms. The van der Waals surface area contributed by atoms with Gasteiger partial charge in [0.25, 0.3) is 5.91 Å². The average Bonchev–Trinajstić information content (AvgIpc) is 2.92. The fourth-order valence-corrected chi connectivity index (χ4v) is 3.56. The molecule has 0 fully saturated rings.